The Labute approximate surface area is 148 Å². The normalized spacial score (nSPS) is 10.2. The highest BCUT2D eigenvalue weighted by Crippen LogP contribution is 2.23. The summed E-state index contributed by atoms with van der Waals surface area (Å²) < 4.78 is 11.1. The van der Waals surface area contributed by atoms with Crippen molar-refractivity contribution < 1.29 is 14.3 Å². The van der Waals surface area contributed by atoms with E-state index in [-0.39, 0.29) is 18.6 Å². The van der Waals surface area contributed by atoms with E-state index in [1.165, 1.54) is 0 Å². The molecule has 0 saturated carbocycles. The van der Waals surface area contributed by atoms with Crippen LogP contribution in [0.4, 0.5) is 11.4 Å². The summed E-state index contributed by atoms with van der Waals surface area (Å²) >= 11 is 0. The van der Waals surface area contributed by atoms with Gasteiger partial charge >= 0.3 is 0 Å². The van der Waals surface area contributed by atoms with Gasteiger partial charge in [0.15, 0.2) is 0 Å². The SMILES string of the molecule is C=CCOc1ccccc1NC(=O)CNc1ccc(OC(C)C)cc1. The number of amides is 1. The lowest BCUT2D eigenvalue weighted by atomic mass is 10.3. The van der Waals surface area contributed by atoms with E-state index >= 15 is 0 Å². The van der Waals surface area contributed by atoms with Gasteiger partial charge in [0.05, 0.1) is 18.3 Å². The topological polar surface area (TPSA) is 59.6 Å². The zero-order chi connectivity index (χ0) is 18.1. The van der Waals surface area contributed by atoms with Gasteiger partial charge in [-0.2, -0.15) is 0 Å². The van der Waals surface area contributed by atoms with Gasteiger partial charge in [0.1, 0.15) is 18.1 Å². The highest BCUT2D eigenvalue weighted by atomic mass is 16.5. The lowest BCUT2D eigenvalue weighted by Crippen LogP contribution is -2.22. The van der Waals surface area contributed by atoms with Crippen molar-refractivity contribution in [2.45, 2.75) is 20.0 Å². The average molecular weight is 340 g/mol. The minimum Gasteiger partial charge on any atom is -0.491 e. The van der Waals surface area contributed by atoms with Crippen molar-refractivity contribution in [2.24, 2.45) is 0 Å². The van der Waals surface area contributed by atoms with Crippen LogP contribution in [0.5, 0.6) is 11.5 Å². The number of para-hydroxylation sites is 2. The molecular formula is C20H24N2O3. The third-order valence-electron chi connectivity index (χ3n) is 3.20. The zero-order valence-electron chi connectivity index (χ0n) is 14.6. The fraction of sp³-hybridized carbons (Fsp3) is 0.250. The Hall–Kier alpha value is -2.95. The molecule has 0 spiro atoms. The van der Waals surface area contributed by atoms with E-state index in [0.29, 0.717) is 18.0 Å². The summed E-state index contributed by atoms with van der Waals surface area (Å²) in [5, 5.41) is 5.92. The molecule has 25 heavy (non-hydrogen) atoms. The predicted molar refractivity (Wildman–Crippen MR) is 101 cm³/mol. The van der Waals surface area contributed by atoms with E-state index in [1.807, 2.05) is 50.2 Å². The Bertz CT molecular complexity index is 696. The number of carbonyl (C=O) groups excluding carboxylic acids is 1. The van der Waals surface area contributed by atoms with E-state index < -0.39 is 0 Å². The molecule has 0 unspecified atom stereocenters. The minimum atomic E-state index is -0.155. The molecule has 5 heteroatoms. The summed E-state index contributed by atoms with van der Waals surface area (Å²) in [6.45, 7) is 8.12. The molecule has 0 radical (unpaired) electrons. The summed E-state index contributed by atoms with van der Waals surface area (Å²) in [6, 6.07) is 14.8. The van der Waals surface area contributed by atoms with Gasteiger partial charge in [0.25, 0.3) is 0 Å². The molecule has 0 aliphatic heterocycles. The maximum absolute atomic E-state index is 12.2. The first-order chi connectivity index (χ1) is 12.1. The van der Waals surface area contributed by atoms with E-state index in [2.05, 4.69) is 17.2 Å². The van der Waals surface area contributed by atoms with Gasteiger partial charge < -0.3 is 20.1 Å². The van der Waals surface area contributed by atoms with Crippen molar-refractivity contribution in [3.05, 3.63) is 61.2 Å². The van der Waals surface area contributed by atoms with Crippen LogP contribution in [0, 0.1) is 0 Å². The largest absolute Gasteiger partial charge is 0.491 e. The summed E-state index contributed by atoms with van der Waals surface area (Å²) in [4.78, 5) is 12.2. The molecule has 2 aromatic rings. The second-order valence-corrected chi connectivity index (χ2v) is 5.69. The molecule has 132 valence electrons. The standard InChI is InChI=1S/C20H24N2O3/c1-4-13-24-19-8-6-5-7-18(19)22-20(23)14-21-16-9-11-17(12-10-16)25-15(2)3/h4-12,15,21H,1,13-14H2,2-3H3,(H,22,23). The van der Waals surface area contributed by atoms with Crippen LogP contribution in [0.15, 0.2) is 61.2 Å². The number of hydrogen-bond donors (Lipinski definition) is 2. The van der Waals surface area contributed by atoms with Crippen molar-refractivity contribution in [3.63, 3.8) is 0 Å². The van der Waals surface area contributed by atoms with Gasteiger partial charge in [0.2, 0.25) is 5.91 Å². The number of carbonyl (C=O) groups is 1. The lowest BCUT2D eigenvalue weighted by Gasteiger charge is -2.13. The van der Waals surface area contributed by atoms with Gasteiger partial charge in [-0.15, -0.1) is 0 Å². The molecule has 5 nitrogen and oxygen atoms in total. The van der Waals surface area contributed by atoms with E-state index in [0.717, 1.165) is 11.4 Å². The molecule has 0 aliphatic rings. The van der Waals surface area contributed by atoms with Crippen LogP contribution in [0.1, 0.15) is 13.8 Å². The van der Waals surface area contributed by atoms with Crippen LogP contribution in [-0.4, -0.2) is 25.2 Å². The van der Waals surface area contributed by atoms with Crippen LogP contribution in [0.25, 0.3) is 0 Å². The molecule has 0 bridgehead atoms. The second-order valence-electron chi connectivity index (χ2n) is 5.69. The maximum atomic E-state index is 12.2. The molecule has 0 atom stereocenters. The molecule has 1 amide bonds. The lowest BCUT2D eigenvalue weighted by molar-refractivity contribution is -0.114. The monoisotopic (exact) mass is 340 g/mol. The number of nitrogens with one attached hydrogen (secondary N) is 2. The summed E-state index contributed by atoms with van der Waals surface area (Å²) in [5.41, 5.74) is 1.49. The van der Waals surface area contributed by atoms with Crippen LogP contribution in [0.2, 0.25) is 0 Å². The van der Waals surface area contributed by atoms with Crippen LogP contribution >= 0.6 is 0 Å². The van der Waals surface area contributed by atoms with Gasteiger partial charge in [0, 0.05) is 5.69 Å². The zero-order valence-corrected chi connectivity index (χ0v) is 14.6. The maximum Gasteiger partial charge on any atom is 0.243 e. The van der Waals surface area contributed by atoms with Crippen LogP contribution in [-0.2, 0) is 4.79 Å². The fourth-order valence-corrected chi connectivity index (χ4v) is 2.14. The molecule has 2 rings (SSSR count). The van der Waals surface area contributed by atoms with E-state index in [4.69, 9.17) is 9.47 Å². The van der Waals surface area contributed by atoms with Gasteiger partial charge in [-0.05, 0) is 50.2 Å². The molecule has 0 heterocycles. The van der Waals surface area contributed by atoms with Gasteiger partial charge in [-0.1, -0.05) is 24.8 Å². The molecule has 0 saturated heterocycles. The van der Waals surface area contributed by atoms with Crippen LogP contribution < -0.4 is 20.1 Å². The Kier molecular flexibility index (Phi) is 6.89. The molecule has 0 aliphatic carbocycles. The second kappa shape index (κ2) is 9.37. The molecular weight excluding hydrogens is 316 g/mol. The Morgan fingerprint density at radius 1 is 1.16 bits per heavy atom. The first-order valence-corrected chi connectivity index (χ1v) is 8.21. The molecule has 0 fully saturated rings. The van der Waals surface area contributed by atoms with Crippen molar-refractivity contribution in [3.8, 4) is 11.5 Å². The van der Waals surface area contributed by atoms with Gasteiger partial charge in [-0.3, -0.25) is 4.79 Å². The van der Waals surface area contributed by atoms with E-state index in [9.17, 15) is 4.79 Å². The van der Waals surface area contributed by atoms with Crippen molar-refractivity contribution >= 4 is 17.3 Å². The average Bonchev–Trinajstić information content (AvgIpc) is 2.60. The molecule has 2 aromatic carbocycles. The Morgan fingerprint density at radius 2 is 1.88 bits per heavy atom. The predicted octanol–water partition coefficient (Wildman–Crippen LogP) is 4.09. The highest BCUT2D eigenvalue weighted by Gasteiger charge is 2.07. The molecule has 0 aromatic heterocycles. The van der Waals surface area contributed by atoms with Crippen molar-refractivity contribution in [1.82, 2.24) is 0 Å². The Balaban J connectivity index is 1.87. The summed E-state index contributed by atoms with van der Waals surface area (Å²) in [7, 11) is 0. The number of rotatable bonds is 9. The van der Waals surface area contributed by atoms with Crippen molar-refractivity contribution in [1.29, 1.82) is 0 Å². The summed E-state index contributed by atoms with van der Waals surface area (Å²) in [5.74, 6) is 1.27. The van der Waals surface area contributed by atoms with Crippen molar-refractivity contribution in [2.75, 3.05) is 23.8 Å². The third kappa shape index (κ3) is 6.22. The number of hydrogen-bond acceptors (Lipinski definition) is 4. The third-order valence-corrected chi connectivity index (χ3v) is 3.20. The number of ether oxygens (including phenoxy) is 2. The minimum absolute atomic E-state index is 0.132. The Morgan fingerprint density at radius 3 is 2.56 bits per heavy atom. The number of benzene rings is 2. The smallest absolute Gasteiger partial charge is 0.243 e. The van der Waals surface area contributed by atoms with E-state index in [1.54, 1.807) is 18.2 Å². The quantitative estimate of drug-likeness (QED) is 0.675. The first kappa shape index (κ1) is 18.4. The van der Waals surface area contributed by atoms with Gasteiger partial charge in [-0.25, -0.2) is 0 Å². The highest BCUT2D eigenvalue weighted by molar-refractivity contribution is 5.95. The first-order valence-electron chi connectivity index (χ1n) is 8.21. The summed E-state index contributed by atoms with van der Waals surface area (Å²) in [6.07, 6.45) is 1.79. The molecule has 2 N–H and O–H groups in total. The fourth-order valence-electron chi connectivity index (χ4n) is 2.14. The number of anilines is 2. The van der Waals surface area contributed by atoms with Crippen LogP contribution in [0.3, 0.4) is 0 Å².